The van der Waals surface area contributed by atoms with Gasteiger partial charge in [-0.1, -0.05) is 11.6 Å². The van der Waals surface area contributed by atoms with Crippen LogP contribution < -0.4 is 5.32 Å². The Morgan fingerprint density at radius 2 is 2.35 bits per heavy atom. The van der Waals surface area contributed by atoms with Crippen LogP contribution in [0.2, 0.25) is 5.15 Å². The van der Waals surface area contributed by atoms with Gasteiger partial charge in [0.1, 0.15) is 5.15 Å². The van der Waals surface area contributed by atoms with E-state index in [0.717, 1.165) is 37.3 Å². The minimum atomic E-state index is 0.0444. The average Bonchev–Trinajstić information content (AvgIpc) is 2.95. The highest BCUT2D eigenvalue weighted by Crippen LogP contribution is 2.21. The smallest absolute Gasteiger partial charge is 0.246 e. The summed E-state index contributed by atoms with van der Waals surface area (Å²) >= 11 is 6.14. The van der Waals surface area contributed by atoms with Crippen molar-refractivity contribution in [1.82, 2.24) is 20.0 Å². The molecular weight excluding hydrogens is 276 g/mol. The summed E-state index contributed by atoms with van der Waals surface area (Å²) in [5.74, 6) is 0.601. The largest absolute Gasteiger partial charge is 0.339 e. The molecule has 1 fully saturated rings. The fourth-order valence-electron chi connectivity index (χ4n) is 2.58. The van der Waals surface area contributed by atoms with E-state index < -0.39 is 0 Å². The lowest BCUT2D eigenvalue weighted by Crippen LogP contribution is -2.28. The zero-order valence-corrected chi connectivity index (χ0v) is 12.9. The number of halogens is 1. The second-order valence-electron chi connectivity index (χ2n) is 5.24. The number of rotatable bonds is 4. The molecule has 1 aliphatic rings. The van der Waals surface area contributed by atoms with E-state index in [1.165, 1.54) is 0 Å². The molecule has 0 spiro atoms. The number of likely N-dealkylation sites (tertiary alicyclic amines) is 1. The minimum Gasteiger partial charge on any atom is -0.339 e. The van der Waals surface area contributed by atoms with Crippen molar-refractivity contribution in [2.45, 2.75) is 13.3 Å². The van der Waals surface area contributed by atoms with E-state index in [1.54, 1.807) is 23.9 Å². The second-order valence-corrected chi connectivity index (χ2v) is 5.60. The van der Waals surface area contributed by atoms with Gasteiger partial charge in [-0.2, -0.15) is 5.10 Å². The molecule has 1 aromatic rings. The number of nitrogens with one attached hydrogen (secondary N) is 1. The third-order valence-electron chi connectivity index (χ3n) is 3.68. The summed E-state index contributed by atoms with van der Waals surface area (Å²) in [4.78, 5) is 14.0. The summed E-state index contributed by atoms with van der Waals surface area (Å²) in [6.07, 6.45) is 4.42. The SMILES string of the molecule is CNCC1CCN(C(=O)/C=C/c2c(C)nn(C)c2Cl)C1. The zero-order chi connectivity index (χ0) is 14.7. The van der Waals surface area contributed by atoms with Crippen molar-refractivity contribution < 1.29 is 4.79 Å². The molecule has 1 N–H and O–H groups in total. The lowest BCUT2D eigenvalue weighted by Gasteiger charge is -2.14. The number of amides is 1. The van der Waals surface area contributed by atoms with Crippen LogP contribution in [0.1, 0.15) is 17.7 Å². The molecule has 1 unspecified atom stereocenters. The highest BCUT2D eigenvalue weighted by atomic mass is 35.5. The van der Waals surface area contributed by atoms with E-state index >= 15 is 0 Å². The molecule has 1 amide bonds. The topological polar surface area (TPSA) is 50.2 Å². The third-order valence-corrected chi connectivity index (χ3v) is 4.13. The van der Waals surface area contributed by atoms with Gasteiger partial charge in [0.2, 0.25) is 5.91 Å². The third kappa shape index (κ3) is 3.22. The molecule has 5 nitrogen and oxygen atoms in total. The maximum Gasteiger partial charge on any atom is 0.246 e. The number of aromatic nitrogens is 2. The molecule has 1 saturated heterocycles. The van der Waals surface area contributed by atoms with E-state index in [2.05, 4.69) is 10.4 Å². The van der Waals surface area contributed by atoms with Crippen molar-refractivity contribution in [1.29, 1.82) is 0 Å². The fourth-order valence-corrected chi connectivity index (χ4v) is 2.82. The van der Waals surface area contributed by atoms with Crippen molar-refractivity contribution >= 4 is 23.6 Å². The lowest BCUT2D eigenvalue weighted by atomic mass is 10.1. The molecule has 0 bridgehead atoms. The van der Waals surface area contributed by atoms with Crippen LogP contribution in [0.4, 0.5) is 0 Å². The number of aryl methyl sites for hydroxylation is 2. The normalized spacial score (nSPS) is 19.2. The quantitative estimate of drug-likeness (QED) is 0.856. The Balaban J connectivity index is 1.99. The molecule has 20 heavy (non-hydrogen) atoms. The maximum atomic E-state index is 12.1. The van der Waals surface area contributed by atoms with Crippen LogP contribution in [0.25, 0.3) is 6.08 Å². The van der Waals surface area contributed by atoms with Crippen LogP contribution in [-0.4, -0.2) is 47.3 Å². The number of hydrogen-bond acceptors (Lipinski definition) is 3. The molecule has 2 heterocycles. The molecule has 1 atom stereocenters. The van der Waals surface area contributed by atoms with Crippen LogP contribution in [0, 0.1) is 12.8 Å². The first kappa shape index (κ1) is 15.1. The second kappa shape index (κ2) is 6.41. The van der Waals surface area contributed by atoms with Crippen molar-refractivity contribution in [3.05, 3.63) is 22.5 Å². The Morgan fingerprint density at radius 3 is 2.95 bits per heavy atom. The van der Waals surface area contributed by atoms with Gasteiger partial charge in [-0.05, 0) is 38.9 Å². The number of carbonyl (C=O) groups excluding carboxylic acids is 1. The summed E-state index contributed by atoms with van der Waals surface area (Å²) in [5.41, 5.74) is 1.64. The first-order valence-corrected chi connectivity index (χ1v) is 7.21. The highest BCUT2D eigenvalue weighted by Gasteiger charge is 2.24. The van der Waals surface area contributed by atoms with Crippen LogP contribution in [0.15, 0.2) is 6.08 Å². The number of hydrogen-bond donors (Lipinski definition) is 1. The Bertz CT molecular complexity index is 523. The van der Waals surface area contributed by atoms with E-state index in [0.29, 0.717) is 11.1 Å². The summed E-state index contributed by atoms with van der Waals surface area (Å²) in [5, 5.41) is 7.94. The highest BCUT2D eigenvalue weighted by molar-refractivity contribution is 6.31. The molecular formula is C14H21ClN4O. The Hall–Kier alpha value is -1.33. The fraction of sp³-hybridized carbons (Fsp3) is 0.571. The van der Waals surface area contributed by atoms with Gasteiger partial charge in [0.05, 0.1) is 5.69 Å². The van der Waals surface area contributed by atoms with Gasteiger partial charge >= 0.3 is 0 Å². The van der Waals surface area contributed by atoms with E-state index in [9.17, 15) is 4.79 Å². The van der Waals surface area contributed by atoms with Gasteiger partial charge in [-0.3, -0.25) is 9.48 Å². The van der Waals surface area contributed by atoms with Gasteiger partial charge in [-0.15, -0.1) is 0 Å². The van der Waals surface area contributed by atoms with Gasteiger partial charge < -0.3 is 10.2 Å². The number of nitrogens with zero attached hydrogens (tertiary/aromatic N) is 3. The predicted molar refractivity (Wildman–Crippen MR) is 80.6 cm³/mol. The first-order valence-electron chi connectivity index (χ1n) is 6.83. The standard InChI is InChI=1S/C14H21ClN4O/c1-10-12(14(15)18(3)17-10)4-5-13(20)19-7-6-11(9-19)8-16-2/h4-5,11,16H,6-9H2,1-3H3/b5-4+. The Morgan fingerprint density at radius 1 is 1.60 bits per heavy atom. The summed E-state index contributed by atoms with van der Waals surface area (Å²) in [7, 11) is 3.73. The molecule has 0 saturated carbocycles. The Kier molecular flexibility index (Phi) is 4.83. The molecule has 2 rings (SSSR count). The number of carbonyl (C=O) groups is 1. The molecule has 0 aliphatic carbocycles. The van der Waals surface area contributed by atoms with Crippen LogP contribution in [-0.2, 0) is 11.8 Å². The zero-order valence-electron chi connectivity index (χ0n) is 12.2. The molecule has 1 aromatic heterocycles. The molecule has 6 heteroatoms. The maximum absolute atomic E-state index is 12.1. The summed E-state index contributed by atoms with van der Waals surface area (Å²) in [6.45, 7) is 4.49. The van der Waals surface area contributed by atoms with E-state index in [4.69, 9.17) is 11.6 Å². The average molecular weight is 297 g/mol. The molecule has 0 radical (unpaired) electrons. The van der Waals surface area contributed by atoms with Crippen molar-refractivity contribution in [3.63, 3.8) is 0 Å². The van der Waals surface area contributed by atoms with Crippen LogP contribution in [0.5, 0.6) is 0 Å². The van der Waals surface area contributed by atoms with Gasteiger partial charge in [-0.25, -0.2) is 0 Å². The van der Waals surface area contributed by atoms with Crippen LogP contribution in [0.3, 0.4) is 0 Å². The van der Waals surface area contributed by atoms with Crippen LogP contribution >= 0.6 is 11.6 Å². The van der Waals surface area contributed by atoms with Gasteiger partial charge in [0.25, 0.3) is 0 Å². The van der Waals surface area contributed by atoms with E-state index in [1.807, 2.05) is 18.9 Å². The molecule has 110 valence electrons. The van der Waals surface area contributed by atoms with Gasteiger partial charge in [0, 0.05) is 31.8 Å². The Labute approximate surface area is 124 Å². The minimum absolute atomic E-state index is 0.0444. The van der Waals surface area contributed by atoms with E-state index in [-0.39, 0.29) is 5.91 Å². The predicted octanol–water partition coefficient (Wildman–Crippen LogP) is 1.46. The van der Waals surface area contributed by atoms with Crippen molar-refractivity contribution in [2.24, 2.45) is 13.0 Å². The lowest BCUT2D eigenvalue weighted by molar-refractivity contribution is -0.125. The van der Waals surface area contributed by atoms with Crippen molar-refractivity contribution in [2.75, 3.05) is 26.7 Å². The molecule has 0 aromatic carbocycles. The van der Waals surface area contributed by atoms with Gasteiger partial charge in [0.15, 0.2) is 0 Å². The monoisotopic (exact) mass is 296 g/mol. The summed E-state index contributed by atoms with van der Waals surface area (Å²) < 4.78 is 1.61. The summed E-state index contributed by atoms with van der Waals surface area (Å²) in [6, 6.07) is 0. The van der Waals surface area contributed by atoms with Crippen molar-refractivity contribution in [3.8, 4) is 0 Å². The first-order chi connectivity index (χ1) is 9.52. The molecule has 1 aliphatic heterocycles.